The van der Waals surface area contributed by atoms with Crippen molar-refractivity contribution >= 4 is 29.1 Å². The van der Waals surface area contributed by atoms with Crippen LogP contribution in [-0.2, 0) is 14.3 Å². The van der Waals surface area contributed by atoms with Gasteiger partial charge in [0, 0.05) is 37.0 Å². The highest BCUT2D eigenvalue weighted by Gasteiger charge is 2.21. The Bertz CT molecular complexity index is 528. The van der Waals surface area contributed by atoms with Gasteiger partial charge in [-0.2, -0.15) is 0 Å². The third kappa shape index (κ3) is 6.17. The second-order valence-corrected chi connectivity index (χ2v) is 6.04. The molecule has 2 N–H and O–H groups in total. The van der Waals surface area contributed by atoms with Crippen LogP contribution < -0.4 is 10.6 Å². The van der Waals surface area contributed by atoms with Crippen molar-refractivity contribution in [2.24, 2.45) is 0 Å². The number of halogens is 1. The molecule has 126 valence electrons. The molecule has 23 heavy (non-hydrogen) atoms. The van der Waals surface area contributed by atoms with Crippen LogP contribution in [0.1, 0.15) is 12.8 Å². The van der Waals surface area contributed by atoms with Crippen LogP contribution in [0.4, 0.5) is 5.69 Å². The van der Waals surface area contributed by atoms with Crippen LogP contribution in [0.2, 0.25) is 5.02 Å². The van der Waals surface area contributed by atoms with E-state index in [1.54, 1.807) is 24.3 Å². The van der Waals surface area contributed by atoms with E-state index in [9.17, 15) is 9.59 Å². The maximum absolute atomic E-state index is 12.0. The fraction of sp³-hybridized carbons (Fsp3) is 0.500. The highest BCUT2D eigenvalue weighted by Crippen LogP contribution is 2.14. The largest absolute Gasteiger partial charge is 0.375 e. The summed E-state index contributed by atoms with van der Waals surface area (Å²) < 4.78 is 4.80. The summed E-state index contributed by atoms with van der Waals surface area (Å²) in [7, 11) is 1.50. The number of nitrogens with zero attached hydrogens (tertiary/aromatic N) is 1. The lowest BCUT2D eigenvalue weighted by Crippen LogP contribution is -2.47. The first-order valence-electron chi connectivity index (χ1n) is 7.63. The minimum absolute atomic E-state index is 0.0470. The van der Waals surface area contributed by atoms with Crippen LogP contribution >= 0.6 is 11.6 Å². The Balaban J connectivity index is 1.70. The third-order valence-electron chi connectivity index (χ3n) is 3.72. The van der Waals surface area contributed by atoms with Gasteiger partial charge in [-0.1, -0.05) is 11.6 Å². The number of amides is 2. The van der Waals surface area contributed by atoms with E-state index in [-0.39, 0.29) is 24.5 Å². The zero-order chi connectivity index (χ0) is 16.7. The van der Waals surface area contributed by atoms with Crippen LogP contribution in [0, 0.1) is 0 Å². The Morgan fingerprint density at radius 3 is 2.48 bits per heavy atom. The molecule has 1 saturated heterocycles. The first-order valence-corrected chi connectivity index (χ1v) is 8.00. The first-order chi connectivity index (χ1) is 11.1. The van der Waals surface area contributed by atoms with Gasteiger partial charge < -0.3 is 15.4 Å². The molecule has 0 aromatic heterocycles. The van der Waals surface area contributed by atoms with Crippen molar-refractivity contribution in [2.75, 3.05) is 38.7 Å². The molecule has 1 aliphatic rings. The highest BCUT2D eigenvalue weighted by molar-refractivity contribution is 6.30. The minimum atomic E-state index is -0.0913. The summed E-state index contributed by atoms with van der Waals surface area (Å²) >= 11 is 5.81. The zero-order valence-electron chi connectivity index (χ0n) is 13.2. The van der Waals surface area contributed by atoms with Crippen LogP contribution in [-0.4, -0.2) is 56.1 Å². The minimum Gasteiger partial charge on any atom is -0.375 e. The number of piperidine rings is 1. The van der Waals surface area contributed by atoms with E-state index in [4.69, 9.17) is 16.3 Å². The Morgan fingerprint density at radius 2 is 1.87 bits per heavy atom. The van der Waals surface area contributed by atoms with Gasteiger partial charge in [0.2, 0.25) is 11.8 Å². The van der Waals surface area contributed by atoms with E-state index in [1.165, 1.54) is 7.11 Å². The highest BCUT2D eigenvalue weighted by atomic mass is 35.5. The fourth-order valence-electron chi connectivity index (χ4n) is 2.57. The van der Waals surface area contributed by atoms with Crippen molar-refractivity contribution in [2.45, 2.75) is 18.9 Å². The molecule has 1 heterocycles. The Kier molecular flexibility index (Phi) is 6.83. The SMILES string of the molecule is COCC(=O)NC1CCN(CC(=O)Nc2ccc(Cl)cc2)CC1. The Hall–Kier alpha value is -1.63. The van der Waals surface area contributed by atoms with Gasteiger partial charge in [0.25, 0.3) is 0 Å². The molecule has 0 atom stereocenters. The molecule has 1 fully saturated rings. The standard InChI is InChI=1S/C16H22ClN3O3/c1-23-11-16(22)19-14-6-8-20(9-7-14)10-15(21)18-13-4-2-12(17)3-5-13/h2-5,14H,6-11H2,1H3,(H,18,21)(H,19,22). The smallest absolute Gasteiger partial charge is 0.246 e. The molecule has 2 rings (SSSR count). The van der Waals surface area contributed by atoms with E-state index < -0.39 is 0 Å². The summed E-state index contributed by atoms with van der Waals surface area (Å²) in [5, 5.41) is 6.43. The summed E-state index contributed by atoms with van der Waals surface area (Å²) in [6, 6.07) is 7.19. The number of anilines is 1. The fourth-order valence-corrected chi connectivity index (χ4v) is 2.70. The van der Waals surface area contributed by atoms with E-state index in [0.29, 0.717) is 11.6 Å². The number of benzene rings is 1. The number of hydrogen-bond donors (Lipinski definition) is 2. The van der Waals surface area contributed by atoms with Crippen molar-refractivity contribution in [1.82, 2.24) is 10.2 Å². The number of nitrogens with one attached hydrogen (secondary N) is 2. The van der Waals surface area contributed by atoms with Crippen molar-refractivity contribution in [1.29, 1.82) is 0 Å². The number of methoxy groups -OCH3 is 1. The normalized spacial score (nSPS) is 16.1. The van der Waals surface area contributed by atoms with Crippen molar-refractivity contribution in [3.63, 3.8) is 0 Å². The summed E-state index contributed by atoms with van der Waals surface area (Å²) in [4.78, 5) is 25.6. The molecule has 1 aromatic carbocycles. The van der Waals surface area contributed by atoms with Gasteiger partial charge in [-0.25, -0.2) is 0 Å². The molecule has 0 spiro atoms. The first kappa shape index (κ1) is 17.7. The van der Waals surface area contributed by atoms with Crippen molar-refractivity contribution in [3.05, 3.63) is 29.3 Å². The number of carbonyl (C=O) groups is 2. The van der Waals surface area contributed by atoms with Gasteiger partial charge in [-0.15, -0.1) is 0 Å². The predicted octanol–water partition coefficient (Wildman–Crippen LogP) is 1.51. The van der Waals surface area contributed by atoms with Crippen LogP contribution in [0.5, 0.6) is 0 Å². The van der Waals surface area contributed by atoms with Crippen LogP contribution in [0.3, 0.4) is 0 Å². The van der Waals surface area contributed by atoms with E-state index in [2.05, 4.69) is 15.5 Å². The Labute approximate surface area is 141 Å². The molecule has 0 bridgehead atoms. The lowest BCUT2D eigenvalue weighted by molar-refractivity contribution is -0.126. The second-order valence-electron chi connectivity index (χ2n) is 5.61. The average molecular weight is 340 g/mol. The topological polar surface area (TPSA) is 70.7 Å². The number of rotatable bonds is 6. The summed E-state index contributed by atoms with van der Waals surface area (Å²) in [5.41, 5.74) is 0.737. The zero-order valence-corrected chi connectivity index (χ0v) is 13.9. The lowest BCUT2D eigenvalue weighted by atomic mass is 10.1. The van der Waals surface area contributed by atoms with E-state index >= 15 is 0 Å². The average Bonchev–Trinajstić information content (AvgIpc) is 2.52. The monoisotopic (exact) mass is 339 g/mol. The quantitative estimate of drug-likeness (QED) is 0.824. The maximum Gasteiger partial charge on any atom is 0.246 e. The second kappa shape index (κ2) is 8.86. The van der Waals surface area contributed by atoms with E-state index in [0.717, 1.165) is 31.6 Å². The molecular formula is C16H22ClN3O3. The van der Waals surface area contributed by atoms with Crippen molar-refractivity contribution in [3.8, 4) is 0 Å². The Morgan fingerprint density at radius 1 is 1.22 bits per heavy atom. The van der Waals surface area contributed by atoms with Crippen LogP contribution in [0.25, 0.3) is 0 Å². The van der Waals surface area contributed by atoms with Gasteiger partial charge in [0.05, 0.1) is 6.54 Å². The van der Waals surface area contributed by atoms with Gasteiger partial charge in [-0.05, 0) is 37.1 Å². The lowest BCUT2D eigenvalue weighted by Gasteiger charge is -2.31. The molecule has 0 aliphatic carbocycles. The van der Waals surface area contributed by atoms with E-state index in [1.807, 2.05) is 0 Å². The molecule has 2 amide bonds. The number of carbonyl (C=O) groups excluding carboxylic acids is 2. The summed E-state index contributed by atoms with van der Waals surface area (Å²) in [6.07, 6.45) is 1.67. The van der Waals surface area contributed by atoms with Gasteiger partial charge in [-0.3, -0.25) is 14.5 Å². The van der Waals surface area contributed by atoms with Gasteiger partial charge >= 0.3 is 0 Å². The predicted molar refractivity (Wildman–Crippen MR) is 89.6 cm³/mol. The molecule has 0 radical (unpaired) electrons. The molecular weight excluding hydrogens is 318 g/mol. The van der Waals surface area contributed by atoms with Gasteiger partial charge in [0.15, 0.2) is 0 Å². The number of hydrogen-bond acceptors (Lipinski definition) is 4. The molecule has 1 aliphatic heterocycles. The molecule has 0 unspecified atom stereocenters. The molecule has 7 heteroatoms. The summed E-state index contributed by atoms with van der Waals surface area (Å²) in [6.45, 7) is 2.00. The molecule has 0 saturated carbocycles. The maximum atomic E-state index is 12.0. The van der Waals surface area contributed by atoms with Crippen molar-refractivity contribution < 1.29 is 14.3 Å². The third-order valence-corrected chi connectivity index (χ3v) is 3.98. The number of likely N-dealkylation sites (tertiary alicyclic amines) is 1. The molecule has 6 nitrogen and oxygen atoms in total. The molecule has 1 aromatic rings. The van der Waals surface area contributed by atoms with Gasteiger partial charge in [0.1, 0.15) is 6.61 Å². The van der Waals surface area contributed by atoms with Crippen LogP contribution in [0.15, 0.2) is 24.3 Å². The summed E-state index contributed by atoms with van der Waals surface area (Å²) in [5.74, 6) is -0.138. The number of ether oxygens (including phenoxy) is 1.